The van der Waals surface area contributed by atoms with E-state index in [1.54, 1.807) is 14.2 Å². The summed E-state index contributed by atoms with van der Waals surface area (Å²) in [4.78, 5) is 14.8. The molecule has 4 rings (SSSR count). The van der Waals surface area contributed by atoms with Gasteiger partial charge in [-0.25, -0.2) is 0 Å². The van der Waals surface area contributed by atoms with Gasteiger partial charge in [0, 0.05) is 19.6 Å². The fourth-order valence-electron chi connectivity index (χ4n) is 4.11. The Hall–Kier alpha value is -3.20. The Labute approximate surface area is 204 Å². The Morgan fingerprint density at radius 2 is 1.68 bits per heavy atom. The van der Waals surface area contributed by atoms with Gasteiger partial charge in [0.1, 0.15) is 11.5 Å². The van der Waals surface area contributed by atoms with Gasteiger partial charge >= 0.3 is 0 Å². The molecule has 0 aliphatic carbocycles. The van der Waals surface area contributed by atoms with E-state index in [9.17, 15) is 4.79 Å². The van der Waals surface area contributed by atoms with Gasteiger partial charge in [0.2, 0.25) is 11.9 Å². The number of para-hydroxylation sites is 3. The fraction of sp³-hybridized carbons (Fsp3) is 0.400. The number of aromatic nitrogens is 3. The molecule has 34 heavy (non-hydrogen) atoms. The lowest BCUT2D eigenvalue weighted by Crippen LogP contribution is -2.32. The van der Waals surface area contributed by atoms with Gasteiger partial charge in [-0.15, -0.1) is 10.2 Å². The van der Waals surface area contributed by atoms with E-state index in [1.807, 2.05) is 53.1 Å². The number of benzene rings is 2. The number of hydrogen-bond donors (Lipinski definition) is 1. The summed E-state index contributed by atoms with van der Waals surface area (Å²) in [5, 5.41) is 12.6. The number of hydrogen-bond acceptors (Lipinski definition) is 7. The van der Waals surface area contributed by atoms with Gasteiger partial charge in [0.15, 0.2) is 5.16 Å². The van der Waals surface area contributed by atoms with E-state index in [4.69, 9.17) is 9.47 Å². The zero-order chi connectivity index (χ0) is 23.8. The number of amides is 1. The number of nitrogens with zero attached hydrogens (tertiary/aromatic N) is 4. The SMILES string of the molecule is COc1ccccc1CCNC(=O)CSc1nnc(N2CCCCC2)n1-c1ccccc1OC. The minimum absolute atomic E-state index is 0.0472. The standard InChI is InChI=1S/C25H31N5O3S/c1-32-21-12-6-4-10-19(21)14-15-26-23(31)18-34-25-28-27-24(29-16-8-3-9-17-29)30(25)20-11-5-7-13-22(20)33-2/h4-7,10-13H,3,8-9,14-18H2,1-2H3,(H,26,31). The first-order valence-corrected chi connectivity index (χ1v) is 12.5. The third-order valence-corrected chi connectivity index (χ3v) is 6.75. The number of carbonyl (C=O) groups excluding carboxylic acids is 1. The minimum atomic E-state index is -0.0472. The molecule has 3 aromatic rings. The van der Waals surface area contributed by atoms with Crippen LogP contribution in [-0.2, 0) is 11.2 Å². The van der Waals surface area contributed by atoms with E-state index in [0.717, 1.165) is 54.6 Å². The summed E-state index contributed by atoms with van der Waals surface area (Å²) in [7, 11) is 3.32. The number of carbonyl (C=O) groups is 1. The van der Waals surface area contributed by atoms with Gasteiger partial charge in [-0.3, -0.25) is 9.36 Å². The van der Waals surface area contributed by atoms with Crippen molar-refractivity contribution < 1.29 is 14.3 Å². The number of anilines is 1. The average molecular weight is 482 g/mol. The van der Waals surface area contributed by atoms with Crippen LogP contribution in [0.4, 0.5) is 5.95 Å². The minimum Gasteiger partial charge on any atom is -0.496 e. The Kier molecular flexibility index (Phi) is 8.30. The first-order valence-electron chi connectivity index (χ1n) is 11.6. The molecule has 0 atom stereocenters. The summed E-state index contributed by atoms with van der Waals surface area (Å²) in [6.45, 7) is 2.43. The molecule has 8 nitrogen and oxygen atoms in total. The van der Waals surface area contributed by atoms with E-state index in [-0.39, 0.29) is 11.7 Å². The smallest absolute Gasteiger partial charge is 0.232 e. The zero-order valence-electron chi connectivity index (χ0n) is 19.7. The highest BCUT2D eigenvalue weighted by Crippen LogP contribution is 2.32. The first-order chi connectivity index (χ1) is 16.7. The maximum absolute atomic E-state index is 12.6. The zero-order valence-corrected chi connectivity index (χ0v) is 20.5. The predicted octanol–water partition coefficient (Wildman–Crippen LogP) is 3.73. The van der Waals surface area contributed by atoms with Crippen LogP contribution >= 0.6 is 11.8 Å². The summed E-state index contributed by atoms with van der Waals surface area (Å²) in [5.41, 5.74) is 1.94. The Bertz CT molecular complexity index is 1100. The third kappa shape index (κ3) is 5.64. The first kappa shape index (κ1) is 23.9. The van der Waals surface area contributed by atoms with E-state index >= 15 is 0 Å². The second-order valence-electron chi connectivity index (χ2n) is 8.04. The number of methoxy groups -OCH3 is 2. The van der Waals surface area contributed by atoms with Crippen LogP contribution < -0.4 is 19.7 Å². The summed E-state index contributed by atoms with van der Waals surface area (Å²) in [6, 6.07) is 15.7. The largest absolute Gasteiger partial charge is 0.496 e. The van der Waals surface area contributed by atoms with Gasteiger partial charge in [0.25, 0.3) is 0 Å². The van der Waals surface area contributed by atoms with Crippen molar-refractivity contribution in [2.45, 2.75) is 30.8 Å². The van der Waals surface area contributed by atoms with Gasteiger partial charge in [-0.2, -0.15) is 0 Å². The average Bonchev–Trinajstić information content (AvgIpc) is 3.32. The van der Waals surface area contributed by atoms with Crippen molar-refractivity contribution in [3.8, 4) is 17.2 Å². The maximum atomic E-state index is 12.6. The van der Waals surface area contributed by atoms with E-state index in [2.05, 4.69) is 20.4 Å². The molecule has 0 bridgehead atoms. The molecule has 1 aromatic heterocycles. The van der Waals surface area contributed by atoms with Crippen molar-refractivity contribution in [2.24, 2.45) is 0 Å². The molecule has 1 fully saturated rings. The van der Waals surface area contributed by atoms with Crippen LogP contribution in [0, 0.1) is 0 Å². The molecule has 0 spiro atoms. The number of piperidine rings is 1. The molecule has 9 heteroatoms. The maximum Gasteiger partial charge on any atom is 0.232 e. The Morgan fingerprint density at radius 1 is 0.971 bits per heavy atom. The van der Waals surface area contributed by atoms with E-state index in [1.165, 1.54) is 18.2 Å². The summed E-state index contributed by atoms with van der Waals surface area (Å²) < 4.78 is 13.0. The lowest BCUT2D eigenvalue weighted by Gasteiger charge is -2.28. The quantitative estimate of drug-likeness (QED) is 0.442. The van der Waals surface area contributed by atoms with Crippen LogP contribution in [0.3, 0.4) is 0 Å². The van der Waals surface area contributed by atoms with Crippen LogP contribution in [0.15, 0.2) is 53.7 Å². The lowest BCUT2D eigenvalue weighted by molar-refractivity contribution is -0.118. The molecule has 0 radical (unpaired) electrons. The molecule has 1 N–H and O–H groups in total. The molecule has 2 heterocycles. The number of nitrogens with one attached hydrogen (secondary N) is 1. The number of rotatable bonds is 10. The monoisotopic (exact) mass is 481 g/mol. The second-order valence-corrected chi connectivity index (χ2v) is 8.98. The third-order valence-electron chi connectivity index (χ3n) is 5.82. The Morgan fingerprint density at radius 3 is 2.44 bits per heavy atom. The predicted molar refractivity (Wildman–Crippen MR) is 134 cm³/mol. The molecule has 1 saturated heterocycles. The van der Waals surface area contributed by atoms with Crippen LogP contribution in [0.2, 0.25) is 0 Å². The van der Waals surface area contributed by atoms with Gasteiger partial charge < -0.3 is 19.7 Å². The fourth-order valence-corrected chi connectivity index (χ4v) is 4.88. The summed E-state index contributed by atoms with van der Waals surface area (Å²) >= 11 is 1.38. The normalized spacial score (nSPS) is 13.5. The molecule has 1 aliphatic rings. The number of ether oxygens (including phenoxy) is 2. The van der Waals surface area contributed by atoms with E-state index in [0.29, 0.717) is 18.1 Å². The van der Waals surface area contributed by atoms with Gasteiger partial charge in [-0.05, 0) is 49.4 Å². The van der Waals surface area contributed by atoms with Crippen molar-refractivity contribution in [3.63, 3.8) is 0 Å². The molecular formula is C25H31N5O3S. The number of thioether (sulfide) groups is 1. The lowest BCUT2D eigenvalue weighted by atomic mass is 10.1. The second kappa shape index (κ2) is 11.8. The summed E-state index contributed by atoms with van der Waals surface area (Å²) in [6.07, 6.45) is 4.21. The molecule has 2 aromatic carbocycles. The molecular weight excluding hydrogens is 450 g/mol. The van der Waals surface area contributed by atoms with Crippen molar-refractivity contribution in [1.29, 1.82) is 0 Å². The summed E-state index contributed by atoms with van der Waals surface area (Å²) in [5.74, 6) is 2.57. The highest BCUT2D eigenvalue weighted by molar-refractivity contribution is 7.99. The molecule has 0 unspecified atom stereocenters. The van der Waals surface area contributed by atoms with Crippen molar-refractivity contribution >= 4 is 23.6 Å². The van der Waals surface area contributed by atoms with Crippen LogP contribution in [-0.4, -0.2) is 60.3 Å². The highest BCUT2D eigenvalue weighted by Gasteiger charge is 2.23. The van der Waals surface area contributed by atoms with Crippen LogP contribution in [0.25, 0.3) is 5.69 Å². The molecule has 1 aliphatic heterocycles. The van der Waals surface area contributed by atoms with E-state index < -0.39 is 0 Å². The topological polar surface area (TPSA) is 81.5 Å². The molecule has 1 amide bonds. The van der Waals surface area contributed by atoms with Crippen molar-refractivity contribution in [1.82, 2.24) is 20.1 Å². The van der Waals surface area contributed by atoms with Crippen molar-refractivity contribution in [3.05, 3.63) is 54.1 Å². The van der Waals surface area contributed by atoms with Gasteiger partial charge in [-0.1, -0.05) is 42.1 Å². The highest BCUT2D eigenvalue weighted by atomic mass is 32.2. The van der Waals surface area contributed by atoms with Crippen LogP contribution in [0.5, 0.6) is 11.5 Å². The Balaban J connectivity index is 1.45. The van der Waals surface area contributed by atoms with Gasteiger partial charge in [0.05, 0.1) is 25.7 Å². The molecule has 180 valence electrons. The van der Waals surface area contributed by atoms with Crippen molar-refractivity contribution in [2.75, 3.05) is 44.5 Å². The van der Waals surface area contributed by atoms with Crippen LogP contribution in [0.1, 0.15) is 24.8 Å². The molecule has 0 saturated carbocycles.